The number of fused-ring (bicyclic) bond motifs is 2. The summed E-state index contributed by atoms with van der Waals surface area (Å²) in [6.07, 6.45) is 3.20. The summed E-state index contributed by atoms with van der Waals surface area (Å²) >= 11 is 0. The molecule has 0 spiro atoms. The first-order chi connectivity index (χ1) is 15.7. The first-order valence-electron chi connectivity index (χ1n) is 10.5. The van der Waals surface area contributed by atoms with Crippen molar-refractivity contribution in [2.24, 2.45) is 0 Å². The Morgan fingerprint density at radius 2 is 1.97 bits per heavy atom. The Morgan fingerprint density at radius 1 is 1.09 bits per heavy atom. The van der Waals surface area contributed by atoms with Crippen molar-refractivity contribution < 1.29 is 9.13 Å². The summed E-state index contributed by atoms with van der Waals surface area (Å²) in [4.78, 5) is 14.5. The lowest BCUT2D eigenvalue weighted by atomic mass is 10.1. The monoisotopic (exact) mass is 429 g/mol. The molecule has 0 unspecified atom stereocenters. The summed E-state index contributed by atoms with van der Waals surface area (Å²) in [5, 5.41) is 8.93. The van der Waals surface area contributed by atoms with Crippen molar-refractivity contribution >= 4 is 27.6 Å². The van der Waals surface area contributed by atoms with E-state index in [0.29, 0.717) is 24.6 Å². The number of para-hydroxylation sites is 1. The number of benzene rings is 2. The van der Waals surface area contributed by atoms with Crippen molar-refractivity contribution in [1.82, 2.24) is 29.7 Å². The molecule has 2 aromatic carbocycles. The molecule has 1 aliphatic heterocycles. The van der Waals surface area contributed by atoms with Crippen LogP contribution in [0.25, 0.3) is 39.0 Å². The number of nitrogens with zero attached hydrogens (tertiary/aromatic N) is 6. The Morgan fingerprint density at radius 3 is 2.78 bits per heavy atom. The number of pyridine rings is 1. The van der Waals surface area contributed by atoms with E-state index < -0.39 is 0 Å². The maximum absolute atomic E-state index is 14.5. The maximum atomic E-state index is 14.5. The van der Waals surface area contributed by atoms with Crippen LogP contribution in [-0.4, -0.2) is 56.0 Å². The molecule has 160 valence electrons. The lowest BCUT2D eigenvalue weighted by molar-refractivity contribution is 0.122. The second-order valence-corrected chi connectivity index (χ2v) is 7.76. The molecule has 0 aliphatic carbocycles. The molecule has 1 fully saturated rings. The van der Waals surface area contributed by atoms with Gasteiger partial charge in [0, 0.05) is 35.9 Å². The Hall–Kier alpha value is -3.85. The predicted molar refractivity (Wildman–Crippen MR) is 119 cm³/mol. The number of hydrogen-bond donors (Lipinski definition) is 1. The van der Waals surface area contributed by atoms with Gasteiger partial charge in [0.05, 0.1) is 24.4 Å². The number of ether oxygens (including phenoxy) is 1. The van der Waals surface area contributed by atoms with Crippen LogP contribution in [0.3, 0.4) is 0 Å². The summed E-state index contributed by atoms with van der Waals surface area (Å²) < 4.78 is 22.0. The largest absolute Gasteiger partial charge is 0.378 e. The van der Waals surface area contributed by atoms with Gasteiger partial charge in [0.1, 0.15) is 29.0 Å². The molecule has 0 bridgehead atoms. The molecule has 1 saturated heterocycles. The molecule has 0 atom stereocenters. The highest BCUT2D eigenvalue weighted by Crippen LogP contribution is 2.35. The fourth-order valence-corrected chi connectivity index (χ4v) is 4.42. The molecular formula is C23H20FN7O. The molecule has 1 aliphatic rings. The molecule has 0 radical (unpaired) electrons. The van der Waals surface area contributed by atoms with Gasteiger partial charge in [-0.25, -0.2) is 9.37 Å². The van der Waals surface area contributed by atoms with Gasteiger partial charge in [0.2, 0.25) is 0 Å². The van der Waals surface area contributed by atoms with E-state index in [-0.39, 0.29) is 5.82 Å². The average Bonchev–Trinajstić information content (AvgIpc) is 3.47. The van der Waals surface area contributed by atoms with Gasteiger partial charge in [-0.3, -0.25) is 9.55 Å². The first kappa shape index (κ1) is 18.9. The minimum absolute atomic E-state index is 0.339. The van der Waals surface area contributed by atoms with Crippen LogP contribution in [-0.2, 0) is 4.74 Å². The zero-order chi connectivity index (χ0) is 21.7. The number of rotatable bonds is 3. The Bertz CT molecular complexity index is 1440. The molecule has 0 amide bonds. The van der Waals surface area contributed by atoms with Crippen LogP contribution < -0.4 is 4.90 Å². The van der Waals surface area contributed by atoms with Gasteiger partial charge in [-0.1, -0.05) is 12.1 Å². The van der Waals surface area contributed by atoms with Crippen LogP contribution in [0.4, 0.5) is 10.1 Å². The number of H-pyrrole nitrogens is 1. The Kier molecular flexibility index (Phi) is 4.36. The third kappa shape index (κ3) is 2.93. The fourth-order valence-electron chi connectivity index (χ4n) is 4.42. The summed E-state index contributed by atoms with van der Waals surface area (Å²) in [5.74, 6) is 1.10. The van der Waals surface area contributed by atoms with E-state index in [9.17, 15) is 4.39 Å². The highest BCUT2D eigenvalue weighted by molar-refractivity contribution is 5.97. The number of aromatic nitrogens is 6. The number of hydrogen-bond acceptors (Lipinski definition) is 6. The van der Waals surface area contributed by atoms with Crippen molar-refractivity contribution in [3.63, 3.8) is 0 Å². The molecule has 4 heterocycles. The highest BCUT2D eigenvalue weighted by Gasteiger charge is 2.21. The Balaban J connectivity index is 1.66. The van der Waals surface area contributed by atoms with Gasteiger partial charge in [-0.15, -0.1) is 10.2 Å². The third-order valence-corrected chi connectivity index (χ3v) is 5.90. The maximum Gasteiger partial charge on any atom is 0.163 e. The normalized spacial score (nSPS) is 14.5. The second-order valence-electron chi connectivity index (χ2n) is 7.76. The fraction of sp³-hybridized carbons (Fsp3) is 0.217. The van der Waals surface area contributed by atoms with Crippen molar-refractivity contribution in [3.8, 4) is 17.1 Å². The summed E-state index contributed by atoms with van der Waals surface area (Å²) in [5.41, 5.74) is 4.81. The predicted octanol–water partition coefficient (Wildman–Crippen LogP) is 3.64. The second kappa shape index (κ2) is 7.38. The zero-order valence-electron chi connectivity index (χ0n) is 17.4. The molecule has 3 aromatic heterocycles. The van der Waals surface area contributed by atoms with E-state index in [1.165, 1.54) is 6.07 Å². The third-order valence-electron chi connectivity index (χ3n) is 5.90. The van der Waals surface area contributed by atoms with Crippen LogP contribution >= 0.6 is 0 Å². The van der Waals surface area contributed by atoms with Crippen molar-refractivity contribution in [2.75, 3.05) is 31.2 Å². The lowest BCUT2D eigenvalue weighted by Crippen LogP contribution is -2.36. The van der Waals surface area contributed by atoms with Gasteiger partial charge < -0.3 is 14.6 Å². The van der Waals surface area contributed by atoms with Crippen LogP contribution in [0.15, 0.2) is 48.9 Å². The zero-order valence-corrected chi connectivity index (χ0v) is 17.4. The summed E-state index contributed by atoms with van der Waals surface area (Å²) in [7, 11) is 0. The van der Waals surface area contributed by atoms with Crippen molar-refractivity contribution in [3.05, 3.63) is 60.6 Å². The number of morpholine rings is 1. The Labute approximate surface area is 182 Å². The minimum atomic E-state index is -0.345. The van der Waals surface area contributed by atoms with E-state index in [2.05, 4.69) is 41.8 Å². The van der Waals surface area contributed by atoms with Gasteiger partial charge in [0.25, 0.3) is 0 Å². The number of halogens is 1. The highest BCUT2D eigenvalue weighted by atomic mass is 19.1. The number of aromatic amines is 1. The van der Waals surface area contributed by atoms with Crippen LogP contribution in [0.5, 0.6) is 0 Å². The average molecular weight is 429 g/mol. The molecule has 6 rings (SSSR count). The van der Waals surface area contributed by atoms with Crippen LogP contribution in [0.2, 0.25) is 0 Å². The number of anilines is 1. The van der Waals surface area contributed by atoms with Gasteiger partial charge in [-0.2, -0.15) is 0 Å². The van der Waals surface area contributed by atoms with Crippen LogP contribution in [0, 0.1) is 12.7 Å². The standard InChI is InChI=1S/C23H20FN7O/c1-14-28-22-17(23-26-13-27-29-23)11-15(30-7-9-32-10-8-30)12-20(22)31(14)19-5-6-25-21-16(19)3-2-4-18(21)24/h2-6,11-13H,7-10H2,1H3,(H,26,27,29). The molecule has 9 heteroatoms. The molecule has 32 heavy (non-hydrogen) atoms. The van der Waals surface area contributed by atoms with E-state index in [1.807, 2.05) is 19.1 Å². The smallest absolute Gasteiger partial charge is 0.163 e. The molecule has 8 nitrogen and oxygen atoms in total. The molecule has 5 aromatic rings. The lowest BCUT2D eigenvalue weighted by Gasteiger charge is -2.29. The van der Waals surface area contributed by atoms with Gasteiger partial charge in [0.15, 0.2) is 5.82 Å². The van der Waals surface area contributed by atoms with Gasteiger partial charge in [-0.05, 0) is 31.2 Å². The van der Waals surface area contributed by atoms with Crippen LogP contribution in [0.1, 0.15) is 5.82 Å². The number of aryl methyl sites for hydroxylation is 1. The molecule has 1 N–H and O–H groups in total. The first-order valence-corrected chi connectivity index (χ1v) is 10.5. The summed E-state index contributed by atoms with van der Waals surface area (Å²) in [6, 6.07) is 11.1. The molecular weight excluding hydrogens is 409 g/mol. The minimum Gasteiger partial charge on any atom is -0.378 e. The van der Waals surface area contributed by atoms with E-state index >= 15 is 0 Å². The van der Waals surface area contributed by atoms with E-state index in [4.69, 9.17) is 9.72 Å². The van der Waals surface area contributed by atoms with Crippen molar-refractivity contribution in [2.45, 2.75) is 6.92 Å². The van der Waals surface area contributed by atoms with E-state index in [1.54, 1.807) is 18.6 Å². The molecule has 0 saturated carbocycles. The number of nitrogens with one attached hydrogen (secondary N) is 1. The number of imidazole rings is 1. The van der Waals surface area contributed by atoms with Crippen molar-refractivity contribution in [1.29, 1.82) is 0 Å². The quantitative estimate of drug-likeness (QED) is 0.471. The summed E-state index contributed by atoms with van der Waals surface area (Å²) in [6.45, 7) is 4.92. The SMILES string of the molecule is Cc1nc2c(-c3nnc[nH]3)cc(N3CCOCC3)cc2n1-c1ccnc2c(F)cccc12. The van der Waals surface area contributed by atoms with Gasteiger partial charge >= 0.3 is 0 Å². The van der Waals surface area contributed by atoms with E-state index in [0.717, 1.165) is 52.3 Å². The topological polar surface area (TPSA) is 84.8 Å².